The van der Waals surface area contributed by atoms with Crippen molar-refractivity contribution in [2.24, 2.45) is 11.3 Å². The lowest BCUT2D eigenvalue weighted by atomic mass is 9.90. The van der Waals surface area contributed by atoms with Gasteiger partial charge in [-0.3, -0.25) is 4.79 Å². The highest BCUT2D eigenvalue weighted by Gasteiger charge is 2.49. The largest absolute Gasteiger partial charge is 0.481 e. The van der Waals surface area contributed by atoms with Crippen molar-refractivity contribution < 1.29 is 19.8 Å². The minimum Gasteiger partial charge on any atom is -0.481 e. The molecule has 1 aliphatic rings. The van der Waals surface area contributed by atoms with E-state index < -0.39 is 5.97 Å². The number of hydrogen-bond donors (Lipinski definition) is 4. The van der Waals surface area contributed by atoms with Gasteiger partial charge < -0.3 is 20.8 Å². The lowest BCUT2D eigenvalue weighted by molar-refractivity contribution is -0.137. The number of aliphatic hydroxyl groups excluding tert-OH is 1. The zero-order valence-electron chi connectivity index (χ0n) is 11.6. The van der Waals surface area contributed by atoms with Gasteiger partial charge in [0.25, 0.3) is 0 Å². The molecule has 110 valence electrons. The molecular weight excluding hydrogens is 248 g/mol. The SMILES string of the molecule is CC(C)C(O)C1(CNC(=O)NCCCC(=O)O)CC1. The quantitative estimate of drug-likeness (QED) is 0.494. The summed E-state index contributed by atoms with van der Waals surface area (Å²) in [5.74, 6) is -0.679. The number of nitrogens with one attached hydrogen (secondary N) is 2. The van der Waals surface area contributed by atoms with Crippen molar-refractivity contribution in [3.8, 4) is 0 Å². The Morgan fingerprint density at radius 1 is 1.26 bits per heavy atom. The van der Waals surface area contributed by atoms with Crippen LogP contribution in [-0.2, 0) is 4.79 Å². The second kappa shape index (κ2) is 6.75. The molecule has 0 aromatic carbocycles. The lowest BCUT2D eigenvalue weighted by Gasteiger charge is -2.25. The molecule has 1 atom stereocenters. The molecule has 0 heterocycles. The summed E-state index contributed by atoms with van der Waals surface area (Å²) in [4.78, 5) is 21.8. The van der Waals surface area contributed by atoms with Gasteiger partial charge in [-0.05, 0) is 25.2 Å². The van der Waals surface area contributed by atoms with Crippen LogP contribution >= 0.6 is 0 Å². The fraction of sp³-hybridized carbons (Fsp3) is 0.846. The molecule has 19 heavy (non-hydrogen) atoms. The number of aliphatic hydroxyl groups is 1. The van der Waals surface area contributed by atoms with Crippen molar-refractivity contribution in [1.29, 1.82) is 0 Å². The predicted octanol–water partition coefficient (Wildman–Crippen LogP) is 0.947. The van der Waals surface area contributed by atoms with Gasteiger partial charge in [-0.2, -0.15) is 0 Å². The molecule has 1 rings (SSSR count). The highest BCUT2D eigenvalue weighted by atomic mass is 16.4. The van der Waals surface area contributed by atoms with Crippen molar-refractivity contribution in [2.75, 3.05) is 13.1 Å². The highest BCUT2D eigenvalue weighted by molar-refractivity contribution is 5.74. The molecule has 1 fully saturated rings. The van der Waals surface area contributed by atoms with Gasteiger partial charge in [-0.15, -0.1) is 0 Å². The maximum Gasteiger partial charge on any atom is 0.314 e. The van der Waals surface area contributed by atoms with Crippen molar-refractivity contribution in [3.05, 3.63) is 0 Å². The third-order valence-corrected chi connectivity index (χ3v) is 3.61. The minimum absolute atomic E-state index is 0.0519. The summed E-state index contributed by atoms with van der Waals surface area (Å²) in [7, 11) is 0. The van der Waals surface area contributed by atoms with Gasteiger partial charge in [-0.25, -0.2) is 4.79 Å². The summed E-state index contributed by atoms with van der Waals surface area (Å²) < 4.78 is 0. The Hall–Kier alpha value is -1.30. The number of carboxylic acids is 1. The molecule has 0 radical (unpaired) electrons. The molecule has 6 nitrogen and oxygen atoms in total. The Balaban J connectivity index is 2.18. The number of carboxylic acid groups (broad SMARTS) is 1. The van der Waals surface area contributed by atoms with E-state index in [9.17, 15) is 14.7 Å². The molecule has 4 N–H and O–H groups in total. The Kier molecular flexibility index (Phi) is 5.60. The number of hydrogen-bond acceptors (Lipinski definition) is 3. The van der Waals surface area contributed by atoms with Gasteiger partial charge in [0, 0.05) is 24.9 Å². The van der Waals surface area contributed by atoms with E-state index in [0.717, 1.165) is 12.8 Å². The number of urea groups is 1. The minimum atomic E-state index is -0.862. The maximum atomic E-state index is 11.5. The van der Waals surface area contributed by atoms with E-state index in [0.29, 0.717) is 19.5 Å². The van der Waals surface area contributed by atoms with E-state index in [1.165, 1.54) is 0 Å². The summed E-state index contributed by atoms with van der Waals surface area (Å²) in [6, 6.07) is -0.299. The van der Waals surface area contributed by atoms with E-state index in [4.69, 9.17) is 5.11 Å². The first-order chi connectivity index (χ1) is 8.87. The normalized spacial score (nSPS) is 17.9. The first kappa shape index (κ1) is 15.8. The number of carbonyl (C=O) groups is 2. The first-order valence-electron chi connectivity index (χ1n) is 6.79. The monoisotopic (exact) mass is 272 g/mol. The third-order valence-electron chi connectivity index (χ3n) is 3.61. The van der Waals surface area contributed by atoms with Crippen LogP contribution in [0.25, 0.3) is 0 Å². The van der Waals surface area contributed by atoms with E-state index in [1.807, 2.05) is 13.8 Å². The van der Waals surface area contributed by atoms with Crippen LogP contribution < -0.4 is 10.6 Å². The predicted molar refractivity (Wildman–Crippen MR) is 70.8 cm³/mol. The van der Waals surface area contributed by atoms with Crippen molar-refractivity contribution in [1.82, 2.24) is 10.6 Å². The Labute approximate surface area is 113 Å². The van der Waals surface area contributed by atoms with Gasteiger partial charge in [-0.1, -0.05) is 13.8 Å². The number of aliphatic carboxylic acids is 1. The molecular formula is C13H24N2O4. The topological polar surface area (TPSA) is 98.7 Å². The van der Waals surface area contributed by atoms with Crippen LogP contribution in [0.4, 0.5) is 4.79 Å². The van der Waals surface area contributed by atoms with Crippen molar-refractivity contribution in [3.63, 3.8) is 0 Å². The second-order valence-corrected chi connectivity index (χ2v) is 5.66. The molecule has 0 aromatic rings. The fourth-order valence-electron chi connectivity index (χ4n) is 2.21. The molecule has 0 saturated heterocycles. The van der Waals surface area contributed by atoms with E-state index in [-0.39, 0.29) is 29.9 Å². The second-order valence-electron chi connectivity index (χ2n) is 5.66. The van der Waals surface area contributed by atoms with E-state index in [1.54, 1.807) is 0 Å². The standard InChI is InChI=1S/C13H24N2O4/c1-9(2)11(18)13(5-6-13)8-15-12(19)14-7-3-4-10(16)17/h9,11,18H,3-8H2,1-2H3,(H,16,17)(H2,14,15,19). The third kappa shape index (κ3) is 5.06. The first-order valence-corrected chi connectivity index (χ1v) is 6.79. The lowest BCUT2D eigenvalue weighted by Crippen LogP contribution is -2.43. The zero-order valence-corrected chi connectivity index (χ0v) is 11.6. The van der Waals surface area contributed by atoms with E-state index >= 15 is 0 Å². The molecule has 2 amide bonds. The molecule has 1 aliphatic carbocycles. The molecule has 1 saturated carbocycles. The fourth-order valence-corrected chi connectivity index (χ4v) is 2.21. The van der Waals surface area contributed by atoms with Crippen LogP contribution in [0.15, 0.2) is 0 Å². The molecule has 0 aromatic heterocycles. The summed E-state index contributed by atoms with van der Waals surface area (Å²) in [5.41, 5.74) is -0.160. The van der Waals surface area contributed by atoms with Gasteiger partial charge in [0.15, 0.2) is 0 Å². The Morgan fingerprint density at radius 3 is 2.37 bits per heavy atom. The van der Waals surface area contributed by atoms with Crippen LogP contribution in [-0.4, -0.2) is 41.4 Å². The maximum absolute atomic E-state index is 11.5. The zero-order chi connectivity index (χ0) is 14.5. The van der Waals surface area contributed by atoms with Crippen LogP contribution in [0.2, 0.25) is 0 Å². The number of rotatable bonds is 8. The Morgan fingerprint density at radius 2 is 1.89 bits per heavy atom. The molecule has 0 aliphatic heterocycles. The van der Waals surface area contributed by atoms with Crippen LogP contribution in [0, 0.1) is 11.3 Å². The summed E-state index contributed by atoms with van der Waals surface area (Å²) >= 11 is 0. The molecule has 1 unspecified atom stereocenters. The van der Waals surface area contributed by atoms with E-state index in [2.05, 4.69) is 10.6 Å². The summed E-state index contributed by atoms with van der Waals surface area (Å²) in [5, 5.41) is 23.9. The van der Waals surface area contributed by atoms with Gasteiger partial charge in [0.05, 0.1) is 6.10 Å². The highest BCUT2D eigenvalue weighted by Crippen LogP contribution is 2.50. The van der Waals surface area contributed by atoms with Crippen LogP contribution in [0.1, 0.15) is 39.5 Å². The number of amides is 2. The van der Waals surface area contributed by atoms with Gasteiger partial charge in [0.1, 0.15) is 0 Å². The van der Waals surface area contributed by atoms with Gasteiger partial charge in [0.2, 0.25) is 0 Å². The van der Waals surface area contributed by atoms with Gasteiger partial charge >= 0.3 is 12.0 Å². The average molecular weight is 272 g/mol. The molecule has 6 heteroatoms. The number of carbonyl (C=O) groups excluding carboxylic acids is 1. The van der Waals surface area contributed by atoms with Crippen LogP contribution in [0.5, 0.6) is 0 Å². The van der Waals surface area contributed by atoms with Crippen molar-refractivity contribution in [2.45, 2.75) is 45.6 Å². The average Bonchev–Trinajstić information content (AvgIpc) is 3.12. The Bertz CT molecular complexity index is 327. The molecule has 0 bridgehead atoms. The van der Waals surface area contributed by atoms with Crippen molar-refractivity contribution >= 4 is 12.0 Å². The summed E-state index contributed by atoms with van der Waals surface area (Å²) in [6.07, 6.45) is 1.95. The molecule has 0 spiro atoms. The smallest absolute Gasteiger partial charge is 0.314 e. The summed E-state index contributed by atoms with van der Waals surface area (Å²) in [6.45, 7) is 4.75. The van der Waals surface area contributed by atoms with Crippen LogP contribution in [0.3, 0.4) is 0 Å².